The predicted molar refractivity (Wildman–Crippen MR) is 110 cm³/mol. The molecule has 4 atom stereocenters. The Morgan fingerprint density at radius 1 is 1.00 bits per heavy atom. The summed E-state index contributed by atoms with van der Waals surface area (Å²) in [5, 5.41) is 0. The molecule has 1 amide bonds. The zero-order valence-corrected chi connectivity index (χ0v) is 16.4. The number of hydrogen-bond donors (Lipinski definition) is 0. The minimum absolute atomic E-state index is 0.111. The third kappa shape index (κ3) is 3.46. The molecule has 2 aromatic rings. The van der Waals surface area contributed by atoms with Gasteiger partial charge in [0.25, 0.3) is 5.91 Å². The van der Waals surface area contributed by atoms with Gasteiger partial charge in [-0.15, -0.1) is 0 Å². The van der Waals surface area contributed by atoms with E-state index in [2.05, 4.69) is 45.1 Å². The van der Waals surface area contributed by atoms with Crippen LogP contribution in [-0.2, 0) is 6.42 Å². The molecular formula is C24H29N3O. The maximum Gasteiger partial charge on any atom is 0.272 e. The molecule has 28 heavy (non-hydrogen) atoms. The summed E-state index contributed by atoms with van der Waals surface area (Å²) in [7, 11) is 0. The lowest BCUT2D eigenvalue weighted by Crippen LogP contribution is -2.62. The van der Waals surface area contributed by atoms with Gasteiger partial charge in [0, 0.05) is 37.9 Å². The molecule has 0 aliphatic carbocycles. The van der Waals surface area contributed by atoms with Gasteiger partial charge in [0.15, 0.2) is 0 Å². The molecule has 0 unspecified atom stereocenters. The fourth-order valence-corrected chi connectivity index (χ4v) is 5.83. The molecule has 0 saturated carbocycles. The largest absolute Gasteiger partial charge is 0.337 e. The molecule has 0 N–H and O–H groups in total. The van der Waals surface area contributed by atoms with Crippen LogP contribution in [0.4, 0.5) is 0 Å². The van der Waals surface area contributed by atoms with Crippen LogP contribution in [-0.4, -0.2) is 52.4 Å². The molecule has 2 bridgehead atoms. The lowest BCUT2D eigenvalue weighted by molar-refractivity contribution is -0.0499. The summed E-state index contributed by atoms with van der Waals surface area (Å²) in [6.07, 6.45) is 8.07. The van der Waals surface area contributed by atoms with Gasteiger partial charge < -0.3 is 4.90 Å². The summed E-state index contributed by atoms with van der Waals surface area (Å²) in [6.45, 7) is 2.92. The zero-order valence-electron chi connectivity index (χ0n) is 16.4. The van der Waals surface area contributed by atoms with Gasteiger partial charge in [-0.05, 0) is 55.2 Å². The van der Waals surface area contributed by atoms with Crippen molar-refractivity contribution in [3.8, 4) is 0 Å². The van der Waals surface area contributed by atoms with Crippen LogP contribution in [0.15, 0.2) is 54.7 Å². The lowest BCUT2D eigenvalue weighted by atomic mass is 9.74. The molecule has 4 nitrogen and oxygen atoms in total. The van der Waals surface area contributed by atoms with Crippen molar-refractivity contribution in [2.45, 2.75) is 44.2 Å². The molecule has 3 fully saturated rings. The van der Waals surface area contributed by atoms with E-state index in [1.54, 1.807) is 6.20 Å². The molecule has 3 aliphatic rings. The van der Waals surface area contributed by atoms with Gasteiger partial charge in [-0.25, -0.2) is 0 Å². The minimum atomic E-state index is 0.111. The second kappa shape index (κ2) is 7.67. The van der Waals surface area contributed by atoms with Crippen molar-refractivity contribution in [1.29, 1.82) is 0 Å². The number of carbonyl (C=O) groups is 1. The number of rotatable bonds is 3. The normalized spacial score (nSPS) is 29.9. The molecule has 3 aliphatic heterocycles. The van der Waals surface area contributed by atoms with Crippen LogP contribution in [0.25, 0.3) is 0 Å². The molecule has 1 aromatic carbocycles. The quantitative estimate of drug-likeness (QED) is 0.822. The van der Waals surface area contributed by atoms with Crippen molar-refractivity contribution < 1.29 is 4.79 Å². The number of benzene rings is 1. The van der Waals surface area contributed by atoms with Crippen LogP contribution in [0, 0.1) is 11.8 Å². The zero-order chi connectivity index (χ0) is 18.9. The SMILES string of the molecule is O=C(c1ccccn1)N1C[C@@H]2C[C@H](C1)[C@@H]1CCC[C@H](Cc3ccccc3)N1C2. The third-order valence-corrected chi connectivity index (χ3v) is 7.00. The average Bonchev–Trinajstić information content (AvgIpc) is 2.75. The van der Waals surface area contributed by atoms with Crippen molar-refractivity contribution in [1.82, 2.24) is 14.8 Å². The molecule has 0 radical (unpaired) electrons. The highest BCUT2D eigenvalue weighted by atomic mass is 16.2. The first-order valence-electron chi connectivity index (χ1n) is 10.8. The van der Waals surface area contributed by atoms with Gasteiger partial charge in [0.05, 0.1) is 0 Å². The van der Waals surface area contributed by atoms with E-state index in [1.165, 1.54) is 31.2 Å². The van der Waals surface area contributed by atoms with E-state index in [9.17, 15) is 4.79 Å². The summed E-state index contributed by atoms with van der Waals surface area (Å²) < 4.78 is 0. The maximum atomic E-state index is 12.9. The molecular weight excluding hydrogens is 346 g/mol. The lowest BCUT2D eigenvalue weighted by Gasteiger charge is -2.55. The Bertz CT molecular complexity index is 809. The monoisotopic (exact) mass is 375 g/mol. The van der Waals surface area contributed by atoms with E-state index in [1.807, 2.05) is 18.2 Å². The van der Waals surface area contributed by atoms with Crippen molar-refractivity contribution in [2.75, 3.05) is 19.6 Å². The van der Waals surface area contributed by atoms with Crippen molar-refractivity contribution in [3.05, 3.63) is 66.0 Å². The Kier molecular flexibility index (Phi) is 4.89. The minimum Gasteiger partial charge on any atom is -0.337 e. The molecule has 3 saturated heterocycles. The number of aromatic nitrogens is 1. The highest BCUT2D eigenvalue weighted by molar-refractivity contribution is 5.92. The van der Waals surface area contributed by atoms with Crippen molar-refractivity contribution in [2.24, 2.45) is 11.8 Å². The Morgan fingerprint density at radius 2 is 1.86 bits per heavy atom. The summed E-state index contributed by atoms with van der Waals surface area (Å²) in [4.78, 5) is 22.1. The van der Waals surface area contributed by atoms with Gasteiger partial charge in [0.1, 0.15) is 5.69 Å². The molecule has 146 valence electrons. The standard InChI is InChI=1S/C24H29N3O/c28-24(22-10-4-5-12-25-22)26-15-19-13-20(17-26)23-11-6-9-21(27(23)16-19)14-18-7-2-1-3-8-18/h1-5,7-8,10,12,19-21,23H,6,9,11,13-17H2/t19-,20+,21+,23-/m0/s1. The average molecular weight is 376 g/mol. The van der Waals surface area contributed by atoms with E-state index >= 15 is 0 Å². The number of amides is 1. The highest BCUT2D eigenvalue weighted by Gasteiger charge is 2.45. The Labute approximate surface area is 167 Å². The van der Waals surface area contributed by atoms with Crippen LogP contribution in [0.2, 0.25) is 0 Å². The van der Waals surface area contributed by atoms with Gasteiger partial charge in [0.2, 0.25) is 0 Å². The van der Waals surface area contributed by atoms with E-state index in [-0.39, 0.29) is 5.91 Å². The van der Waals surface area contributed by atoms with E-state index in [0.29, 0.717) is 29.6 Å². The van der Waals surface area contributed by atoms with Crippen LogP contribution in [0.1, 0.15) is 41.7 Å². The Balaban J connectivity index is 1.31. The number of fused-ring (bicyclic) bond motifs is 4. The van der Waals surface area contributed by atoms with E-state index in [4.69, 9.17) is 0 Å². The smallest absolute Gasteiger partial charge is 0.272 e. The van der Waals surface area contributed by atoms with Gasteiger partial charge >= 0.3 is 0 Å². The topological polar surface area (TPSA) is 36.4 Å². The molecule has 1 aromatic heterocycles. The number of pyridine rings is 1. The van der Waals surface area contributed by atoms with E-state index in [0.717, 1.165) is 26.1 Å². The first-order chi connectivity index (χ1) is 13.8. The summed E-state index contributed by atoms with van der Waals surface area (Å²) >= 11 is 0. The summed E-state index contributed by atoms with van der Waals surface area (Å²) in [6, 6.07) is 17.9. The number of likely N-dealkylation sites (tertiary alicyclic amines) is 1. The first kappa shape index (κ1) is 17.9. The molecule has 0 spiro atoms. The number of piperidine rings is 3. The van der Waals surface area contributed by atoms with Crippen LogP contribution in [0.3, 0.4) is 0 Å². The van der Waals surface area contributed by atoms with E-state index < -0.39 is 0 Å². The van der Waals surface area contributed by atoms with Crippen molar-refractivity contribution in [3.63, 3.8) is 0 Å². The molecule has 4 heterocycles. The fraction of sp³-hybridized carbons (Fsp3) is 0.500. The number of hydrogen-bond acceptors (Lipinski definition) is 3. The molecule has 4 heteroatoms. The second-order valence-corrected chi connectivity index (χ2v) is 8.83. The number of nitrogens with zero attached hydrogens (tertiary/aromatic N) is 3. The predicted octanol–water partition coefficient (Wildman–Crippen LogP) is 3.64. The van der Waals surface area contributed by atoms with Gasteiger partial charge in [-0.2, -0.15) is 0 Å². The highest BCUT2D eigenvalue weighted by Crippen LogP contribution is 2.40. The summed E-state index contributed by atoms with van der Waals surface area (Å²) in [5.41, 5.74) is 2.04. The van der Waals surface area contributed by atoms with Crippen LogP contribution < -0.4 is 0 Å². The van der Waals surface area contributed by atoms with Crippen LogP contribution in [0.5, 0.6) is 0 Å². The second-order valence-electron chi connectivity index (χ2n) is 8.83. The Hall–Kier alpha value is -2.20. The van der Waals surface area contributed by atoms with Gasteiger partial charge in [-0.1, -0.05) is 42.8 Å². The third-order valence-electron chi connectivity index (χ3n) is 7.00. The first-order valence-corrected chi connectivity index (χ1v) is 10.8. The number of carbonyl (C=O) groups excluding carboxylic acids is 1. The molecule has 5 rings (SSSR count). The fourth-order valence-electron chi connectivity index (χ4n) is 5.83. The van der Waals surface area contributed by atoms with Gasteiger partial charge in [-0.3, -0.25) is 14.7 Å². The van der Waals surface area contributed by atoms with Crippen LogP contribution >= 0.6 is 0 Å². The summed E-state index contributed by atoms with van der Waals surface area (Å²) in [5.74, 6) is 1.32. The Morgan fingerprint density at radius 3 is 2.68 bits per heavy atom. The van der Waals surface area contributed by atoms with Crippen molar-refractivity contribution >= 4 is 5.91 Å². The maximum absolute atomic E-state index is 12.9.